The topological polar surface area (TPSA) is 46.2 Å². The summed E-state index contributed by atoms with van der Waals surface area (Å²) in [6, 6.07) is 0. The van der Waals surface area contributed by atoms with E-state index in [1.807, 2.05) is 6.92 Å². The van der Waals surface area contributed by atoms with Gasteiger partial charge in [-0.1, -0.05) is 6.92 Å². The Labute approximate surface area is 75.1 Å². The van der Waals surface area contributed by atoms with Crippen LogP contribution in [0.25, 0.3) is 0 Å². The van der Waals surface area contributed by atoms with Gasteiger partial charge in [-0.3, -0.25) is 0 Å². The molecule has 0 amide bonds. The van der Waals surface area contributed by atoms with Gasteiger partial charge in [0.25, 0.3) is 0 Å². The molecule has 0 fully saturated rings. The summed E-state index contributed by atoms with van der Waals surface area (Å²) in [5.74, 6) is 0. The number of hydrogen-bond acceptors (Lipinski definition) is 3. The molecule has 1 atom stereocenters. The van der Waals surface area contributed by atoms with Gasteiger partial charge in [-0.25, -0.2) is 0 Å². The molecule has 0 saturated heterocycles. The van der Waals surface area contributed by atoms with E-state index >= 15 is 0 Å². The van der Waals surface area contributed by atoms with E-state index in [1.54, 1.807) is 20.0 Å². The van der Waals surface area contributed by atoms with Crippen LogP contribution in [0.5, 0.6) is 0 Å². The molecule has 0 rings (SSSR count). The third-order valence-corrected chi connectivity index (χ3v) is 4.82. The molecule has 1 N–H and O–H groups in total. The average molecular weight is 211 g/mol. The normalized spacial score (nSPS) is 17.3. The highest BCUT2D eigenvalue weighted by Gasteiger charge is 2.13. The minimum absolute atomic E-state index is 0.491. The van der Waals surface area contributed by atoms with Crippen LogP contribution in [0, 0.1) is 0 Å². The second-order valence-corrected chi connectivity index (χ2v) is 10.8. The van der Waals surface area contributed by atoms with Crippen LogP contribution in [0.2, 0.25) is 0 Å². The summed E-state index contributed by atoms with van der Waals surface area (Å²) in [5.41, 5.74) is 0. The predicted octanol–water partition coefficient (Wildman–Crippen LogP) is 2.13. The van der Waals surface area contributed by atoms with Crippen molar-refractivity contribution in [2.24, 2.45) is 0 Å². The summed E-state index contributed by atoms with van der Waals surface area (Å²) in [7, 11) is -3.99. The van der Waals surface area contributed by atoms with E-state index in [9.17, 15) is 9.13 Å². The van der Waals surface area contributed by atoms with Crippen molar-refractivity contribution in [3.05, 3.63) is 0 Å². The lowest BCUT2D eigenvalue weighted by atomic mass is 11.0. The molecular weight excluding hydrogens is 192 g/mol. The fourth-order valence-corrected chi connectivity index (χ4v) is 2.30. The van der Waals surface area contributed by atoms with Crippen molar-refractivity contribution in [1.82, 2.24) is 5.32 Å². The maximum Gasteiger partial charge on any atom is 0.0976 e. The highest BCUT2D eigenvalue weighted by molar-refractivity contribution is 7.63. The molecule has 12 heavy (non-hydrogen) atoms. The maximum absolute atomic E-state index is 11.5. The highest BCUT2D eigenvalue weighted by atomic mass is 31.2. The predicted molar refractivity (Wildman–Crippen MR) is 56.4 cm³/mol. The first kappa shape index (κ1) is 12.4. The molecule has 0 saturated carbocycles. The van der Waals surface area contributed by atoms with Crippen molar-refractivity contribution in [2.75, 3.05) is 38.7 Å². The Morgan fingerprint density at radius 2 is 1.58 bits per heavy atom. The zero-order valence-corrected chi connectivity index (χ0v) is 10.1. The second kappa shape index (κ2) is 4.60. The minimum atomic E-state index is -1.99. The van der Waals surface area contributed by atoms with E-state index in [4.69, 9.17) is 0 Å². The molecule has 1 unspecified atom stereocenters. The molecule has 0 aliphatic carbocycles. The Hall–Kier alpha value is 0.420. The monoisotopic (exact) mass is 211 g/mol. The van der Waals surface area contributed by atoms with E-state index in [1.165, 1.54) is 0 Å². The van der Waals surface area contributed by atoms with Gasteiger partial charge >= 0.3 is 0 Å². The summed E-state index contributed by atoms with van der Waals surface area (Å²) < 4.78 is 22.8. The first-order chi connectivity index (χ1) is 5.27. The number of nitrogens with one attached hydrogen (secondary N) is 1. The lowest BCUT2D eigenvalue weighted by Crippen LogP contribution is -2.17. The summed E-state index contributed by atoms with van der Waals surface area (Å²) in [4.78, 5) is 0. The van der Waals surface area contributed by atoms with Gasteiger partial charge in [0.15, 0.2) is 0 Å². The number of rotatable bonds is 5. The quantitative estimate of drug-likeness (QED) is 0.708. The first-order valence-corrected chi connectivity index (χ1v) is 9.38. The van der Waals surface area contributed by atoms with Crippen molar-refractivity contribution in [3.63, 3.8) is 0 Å². The molecule has 0 bridgehead atoms. The Morgan fingerprint density at radius 1 is 1.08 bits per heavy atom. The van der Waals surface area contributed by atoms with Crippen molar-refractivity contribution < 1.29 is 9.13 Å². The van der Waals surface area contributed by atoms with Crippen molar-refractivity contribution in [3.8, 4) is 0 Å². The van der Waals surface area contributed by atoms with E-state index in [-0.39, 0.29) is 0 Å². The minimum Gasteiger partial charge on any atom is -0.323 e. The summed E-state index contributed by atoms with van der Waals surface area (Å²) in [5, 5.41) is 2.99. The van der Waals surface area contributed by atoms with Gasteiger partial charge in [-0.15, -0.1) is 0 Å². The molecule has 0 aromatic rings. The molecule has 0 heterocycles. The van der Waals surface area contributed by atoms with Crippen LogP contribution >= 0.6 is 14.3 Å². The Kier molecular flexibility index (Phi) is 4.76. The van der Waals surface area contributed by atoms with Gasteiger partial charge in [0.05, 0.1) is 14.3 Å². The van der Waals surface area contributed by atoms with Crippen LogP contribution in [0.15, 0.2) is 0 Å². The smallest absolute Gasteiger partial charge is 0.0976 e. The molecule has 0 radical (unpaired) electrons. The Morgan fingerprint density at radius 3 is 1.92 bits per heavy atom. The second-order valence-electron chi connectivity index (χ2n) is 3.75. The molecular formula is C7H19NO2P2. The zero-order valence-electron chi connectivity index (χ0n) is 8.33. The fraction of sp³-hybridized carbons (Fsp3) is 1.00. The Bertz CT molecular complexity index is 221. The van der Waals surface area contributed by atoms with Crippen LogP contribution in [0.1, 0.15) is 6.92 Å². The third-order valence-electron chi connectivity index (χ3n) is 1.61. The van der Waals surface area contributed by atoms with Crippen molar-refractivity contribution in [1.29, 1.82) is 0 Å². The van der Waals surface area contributed by atoms with Crippen LogP contribution in [-0.2, 0) is 9.13 Å². The van der Waals surface area contributed by atoms with Gasteiger partial charge in [0.1, 0.15) is 0 Å². The lowest BCUT2D eigenvalue weighted by Gasteiger charge is -2.13. The molecule has 5 heteroatoms. The fourth-order valence-electron chi connectivity index (χ4n) is 0.668. The molecule has 0 spiro atoms. The average Bonchev–Trinajstić information content (AvgIpc) is 1.84. The lowest BCUT2D eigenvalue weighted by molar-refractivity contribution is 0.571. The summed E-state index contributed by atoms with van der Waals surface area (Å²) >= 11 is 0. The van der Waals surface area contributed by atoms with Gasteiger partial charge < -0.3 is 14.4 Å². The SMILES string of the molecule is CCP(C)(=O)CNCP(C)(C)=O. The van der Waals surface area contributed by atoms with Crippen LogP contribution in [0.4, 0.5) is 0 Å². The van der Waals surface area contributed by atoms with Crippen molar-refractivity contribution >= 4 is 14.3 Å². The van der Waals surface area contributed by atoms with Gasteiger partial charge in [0.2, 0.25) is 0 Å². The molecule has 0 aromatic heterocycles. The number of hydrogen-bond donors (Lipinski definition) is 1. The Balaban J connectivity index is 3.72. The third kappa shape index (κ3) is 7.09. The maximum atomic E-state index is 11.5. The van der Waals surface area contributed by atoms with E-state index in [0.717, 1.165) is 0 Å². The van der Waals surface area contributed by atoms with E-state index < -0.39 is 14.3 Å². The summed E-state index contributed by atoms with van der Waals surface area (Å²) in [6.45, 7) is 7.15. The molecule has 0 aromatic carbocycles. The van der Waals surface area contributed by atoms with E-state index in [0.29, 0.717) is 18.7 Å². The molecule has 0 aliphatic heterocycles. The molecule has 3 nitrogen and oxygen atoms in total. The zero-order chi connectivity index (χ0) is 9.83. The standard InChI is InChI=1S/C7H19NO2P2/c1-5-12(4,10)7-8-6-11(2,3)9/h8H,5-7H2,1-4H3. The van der Waals surface area contributed by atoms with Crippen molar-refractivity contribution in [2.45, 2.75) is 6.92 Å². The molecule has 74 valence electrons. The van der Waals surface area contributed by atoms with Gasteiger partial charge in [-0.05, 0) is 26.2 Å². The van der Waals surface area contributed by atoms with Crippen LogP contribution in [0.3, 0.4) is 0 Å². The first-order valence-electron chi connectivity index (χ1n) is 4.07. The molecule has 0 aliphatic rings. The van der Waals surface area contributed by atoms with Crippen LogP contribution < -0.4 is 5.32 Å². The van der Waals surface area contributed by atoms with E-state index in [2.05, 4.69) is 5.32 Å². The van der Waals surface area contributed by atoms with Crippen LogP contribution in [-0.4, -0.2) is 38.7 Å². The van der Waals surface area contributed by atoms with Gasteiger partial charge in [-0.2, -0.15) is 0 Å². The van der Waals surface area contributed by atoms with Gasteiger partial charge in [0, 0.05) is 12.6 Å². The largest absolute Gasteiger partial charge is 0.323 e. The summed E-state index contributed by atoms with van der Waals surface area (Å²) in [6.07, 6.45) is 1.71. The highest BCUT2D eigenvalue weighted by Crippen LogP contribution is 2.40.